The Hall–Kier alpha value is -2.45. The van der Waals surface area contributed by atoms with Gasteiger partial charge in [0.05, 0.1) is 12.1 Å². The van der Waals surface area contributed by atoms with E-state index in [1.807, 2.05) is 0 Å². The van der Waals surface area contributed by atoms with Gasteiger partial charge >= 0.3 is 10.0 Å². The summed E-state index contributed by atoms with van der Waals surface area (Å²) in [7, 11) is -3.75. The fraction of sp³-hybridized carbons (Fsp3) is 0.278. The van der Waals surface area contributed by atoms with Crippen molar-refractivity contribution in [1.29, 1.82) is 0 Å². The fourth-order valence-corrected chi connectivity index (χ4v) is 4.10. The first-order valence-corrected chi connectivity index (χ1v) is 10.5. The number of benzene rings is 1. The van der Waals surface area contributed by atoms with E-state index < -0.39 is 15.9 Å². The Balaban J connectivity index is 1.77. The van der Waals surface area contributed by atoms with Crippen molar-refractivity contribution in [3.63, 3.8) is 0 Å². The number of hydrogen-bond acceptors (Lipinski definition) is 4. The molecule has 1 aliphatic rings. The smallest absolute Gasteiger partial charge is 0.322 e. The highest BCUT2D eigenvalue weighted by molar-refractivity contribution is 7.90. The first kappa shape index (κ1) is 19.3. The van der Waals surface area contributed by atoms with Crippen molar-refractivity contribution in [1.82, 2.24) is 9.71 Å². The van der Waals surface area contributed by atoms with Crippen LogP contribution in [0.15, 0.2) is 47.5 Å². The Kier molecular flexibility index (Phi) is 6.08. The summed E-state index contributed by atoms with van der Waals surface area (Å²) in [5.74, 6) is 0.138. The molecule has 0 radical (unpaired) electrons. The monoisotopic (exact) mass is 407 g/mol. The number of aromatic nitrogens is 1. The van der Waals surface area contributed by atoms with Crippen LogP contribution in [-0.4, -0.2) is 31.7 Å². The minimum absolute atomic E-state index is 0.0659. The highest BCUT2D eigenvalue weighted by atomic mass is 35.5. The topological polar surface area (TPSA) is 102 Å². The van der Waals surface area contributed by atoms with Crippen LogP contribution in [0.5, 0.6) is 0 Å². The SMILES string of the molecule is O=C(Nc1cccc(S(=O)(=O)NC2=[NH+]CCCCC2)c1)c1cccnc1Cl. The molecule has 1 aromatic carbocycles. The molecule has 9 heteroatoms. The standard InChI is InChI=1S/C18H19ClN4O3S/c19-17-15(8-5-11-21-17)18(24)22-13-6-4-7-14(12-13)27(25,26)23-16-9-2-1-3-10-20-16/h4-8,11-12H,1-3,9-10H2,(H,20,23)(H,22,24)/p+1. The zero-order valence-electron chi connectivity index (χ0n) is 14.5. The molecular formula is C18H20ClN4O3S+. The number of halogens is 1. The second-order valence-electron chi connectivity index (χ2n) is 6.15. The van der Waals surface area contributed by atoms with E-state index in [0.717, 1.165) is 25.8 Å². The molecule has 1 aromatic heterocycles. The molecule has 0 atom stereocenters. The van der Waals surface area contributed by atoms with Crippen LogP contribution >= 0.6 is 11.6 Å². The number of rotatable bonds is 4. The van der Waals surface area contributed by atoms with Gasteiger partial charge in [0.15, 0.2) is 0 Å². The van der Waals surface area contributed by atoms with Crippen LogP contribution < -0.4 is 15.0 Å². The number of sulfonamides is 1. The maximum Gasteiger partial charge on any atom is 0.328 e. The van der Waals surface area contributed by atoms with Crippen LogP contribution in [0.25, 0.3) is 0 Å². The van der Waals surface area contributed by atoms with Gasteiger partial charge in [-0.1, -0.05) is 17.7 Å². The number of nitrogens with zero attached hydrogens (tertiary/aromatic N) is 1. The summed E-state index contributed by atoms with van der Waals surface area (Å²) in [4.78, 5) is 19.4. The van der Waals surface area contributed by atoms with Crippen LogP contribution in [0.3, 0.4) is 0 Å². The summed E-state index contributed by atoms with van der Waals surface area (Å²) in [6.45, 7) is 0.750. The Labute approximate surface area is 162 Å². The Morgan fingerprint density at radius 3 is 2.81 bits per heavy atom. The zero-order valence-corrected chi connectivity index (χ0v) is 16.1. The molecule has 142 valence electrons. The van der Waals surface area contributed by atoms with Crippen molar-refractivity contribution < 1.29 is 18.2 Å². The van der Waals surface area contributed by atoms with E-state index >= 15 is 0 Å². The average Bonchev–Trinajstić information content (AvgIpc) is 2.90. The summed E-state index contributed by atoms with van der Waals surface area (Å²) < 4.78 is 27.9. The van der Waals surface area contributed by atoms with Crippen molar-refractivity contribution >= 4 is 39.1 Å². The van der Waals surface area contributed by atoms with Crippen LogP contribution in [0.4, 0.5) is 5.69 Å². The second kappa shape index (κ2) is 8.49. The van der Waals surface area contributed by atoms with Crippen molar-refractivity contribution in [2.75, 3.05) is 11.9 Å². The number of carbonyl (C=O) groups excluding carboxylic acids is 1. The van der Waals surface area contributed by atoms with E-state index in [9.17, 15) is 13.2 Å². The number of hydrogen-bond donors (Lipinski definition) is 3. The van der Waals surface area contributed by atoms with E-state index in [1.165, 1.54) is 18.3 Å². The molecule has 27 heavy (non-hydrogen) atoms. The van der Waals surface area contributed by atoms with Gasteiger partial charge in [0.25, 0.3) is 11.7 Å². The lowest BCUT2D eigenvalue weighted by Gasteiger charge is -2.08. The van der Waals surface area contributed by atoms with Gasteiger partial charge in [-0.3, -0.25) is 9.79 Å². The lowest BCUT2D eigenvalue weighted by atomic mass is 10.2. The Bertz CT molecular complexity index is 976. The van der Waals surface area contributed by atoms with Crippen molar-refractivity contribution in [3.05, 3.63) is 53.3 Å². The molecule has 0 saturated carbocycles. The molecule has 0 fully saturated rings. The second-order valence-corrected chi connectivity index (χ2v) is 8.19. The van der Waals surface area contributed by atoms with Gasteiger partial charge in [0, 0.05) is 18.3 Å². The summed E-state index contributed by atoms with van der Waals surface area (Å²) >= 11 is 5.92. The molecule has 3 N–H and O–H groups in total. The highest BCUT2D eigenvalue weighted by Gasteiger charge is 2.23. The van der Waals surface area contributed by atoms with Crippen LogP contribution in [0.2, 0.25) is 5.15 Å². The maximum atomic E-state index is 12.7. The van der Waals surface area contributed by atoms with E-state index in [0.29, 0.717) is 17.9 Å². The van der Waals surface area contributed by atoms with Gasteiger partial charge < -0.3 is 5.32 Å². The largest absolute Gasteiger partial charge is 0.328 e. The Morgan fingerprint density at radius 2 is 2.00 bits per heavy atom. The minimum atomic E-state index is -3.75. The first-order valence-electron chi connectivity index (χ1n) is 8.60. The third-order valence-electron chi connectivity index (χ3n) is 4.11. The van der Waals surface area contributed by atoms with Crippen LogP contribution in [-0.2, 0) is 10.0 Å². The van der Waals surface area contributed by atoms with Crippen LogP contribution in [0.1, 0.15) is 36.0 Å². The van der Waals surface area contributed by atoms with Crippen molar-refractivity contribution in [2.24, 2.45) is 0 Å². The lowest BCUT2D eigenvalue weighted by molar-refractivity contribution is -0.459. The quantitative estimate of drug-likeness (QED) is 0.665. The molecule has 0 spiro atoms. The maximum absolute atomic E-state index is 12.7. The summed E-state index contributed by atoms with van der Waals surface area (Å²) in [5.41, 5.74) is 0.561. The molecule has 0 saturated heterocycles. The molecular weight excluding hydrogens is 388 g/mol. The van der Waals surface area contributed by atoms with E-state index in [-0.39, 0.29) is 15.6 Å². The van der Waals surface area contributed by atoms with E-state index in [1.54, 1.807) is 24.3 Å². The lowest BCUT2D eigenvalue weighted by Crippen LogP contribution is -2.76. The normalized spacial score (nSPS) is 14.8. The van der Waals surface area contributed by atoms with Gasteiger partial charge in [-0.15, -0.1) is 0 Å². The van der Waals surface area contributed by atoms with Gasteiger partial charge in [0.2, 0.25) is 0 Å². The molecule has 2 heterocycles. The Morgan fingerprint density at radius 1 is 1.15 bits per heavy atom. The number of amides is 1. The predicted octanol–water partition coefficient (Wildman–Crippen LogP) is 1.32. The fourth-order valence-electron chi connectivity index (χ4n) is 2.73. The molecule has 1 aliphatic heterocycles. The molecule has 2 aromatic rings. The number of carbonyl (C=O) groups is 1. The number of nitrogens with one attached hydrogen (secondary N) is 3. The summed E-state index contributed by atoms with van der Waals surface area (Å²) in [6, 6.07) is 9.20. The van der Waals surface area contributed by atoms with Crippen LogP contribution in [0, 0.1) is 0 Å². The third-order valence-corrected chi connectivity index (χ3v) is 5.80. The van der Waals surface area contributed by atoms with Gasteiger partial charge in [-0.2, -0.15) is 13.1 Å². The molecule has 1 amide bonds. The number of pyridine rings is 1. The first-order chi connectivity index (χ1) is 13.0. The third kappa shape index (κ3) is 5.05. The van der Waals surface area contributed by atoms with E-state index in [4.69, 9.17) is 11.6 Å². The average molecular weight is 408 g/mol. The number of amidine groups is 1. The molecule has 0 bridgehead atoms. The van der Waals surface area contributed by atoms with Crippen molar-refractivity contribution in [3.8, 4) is 0 Å². The molecule has 0 aliphatic carbocycles. The molecule has 3 rings (SSSR count). The molecule has 0 unspecified atom stereocenters. The zero-order chi connectivity index (χ0) is 19.3. The predicted molar refractivity (Wildman–Crippen MR) is 103 cm³/mol. The molecule has 7 nitrogen and oxygen atoms in total. The summed E-state index contributed by atoms with van der Waals surface area (Å²) in [6.07, 6.45) is 5.17. The highest BCUT2D eigenvalue weighted by Crippen LogP contribution is 2.18. The van der Waals surface area contributed by atoms with E-state index in [2.05, 4.69) is 20.0 Å². The van der Waals surface area contributed by atoms with Gasteiger partial charge in [0.1, 0.15) is 10.0 Å². The number of anilines is 1. The van der Waals surface area contributed by atoms with Crippen molar-refractivity contribution in [2.45, 2.75) is 30.6 Å². The summed E-state index contributed by atoms with van der Waals surface area (Å²) in [5, 5.41) is 2.73. The van der Waals surface area contributed by atoms with Gasteiger partial charge in [-0.05, 0) is 49.6 Å². The van der Waals surface area contributed by atoms with Gasteiger partial charge in [-0.25, -0.2) is 4.98 Å². The minimum Gasteiger partial charge on any atom is -0.322 e.